The predicted octanol–water partition coefficient (Wildman–Crippen LogP) is 0.478. The second-order valence-electron chi connectivity index (χ2n) is 3.49. The van der Waals surface area contributed by atoms with Gasteiger partial charge in [0.25, 0.3) is 0 Å². The third-order valence-corrected chi connectivity index (χ3v) is 2.23. The summed E-state index contributed by atoms with van der Waals surface area (Å²) in [6.07, 6.45) is 0.626. The zero-order chi connectivity index (χ0) is 9.84. The zero-order valence-corrected chi connectivity index (χ0v) is 8.03. The highest BCUT2D eigenvalue weighted by atomic mass is 16.5. The van der Waals surface area contributed by atoms with E-state index in [1.807, 2.05) is 6.92 Å². The third kappa shape index (κ3) is 3.32. The SMILES string of the molecule is CO[C@H](C)CC1CC(O)CC(=O)O1. The van der Waals surface area contributed by atoms with Crippen molar-refractivity contribution in [1.29, 1.82) is 0 Å². The molecule has 0 amide bonds. The van der Waals surface area contributed by atoms with Crippen LogP contribution in [-0.2, 0) is 14.3 Å². The lowest BCUT2D eigenvalue weighted by Crippen LogP contribution is -2.34. The molecule has 1 fully saturated rings. The maximum Gasteiger partial charge on any atom is 0.308 e. The van der Waals surface area contributed by atoms with Crippen LogP contribution in [0, 0.1) is 0 Å². The van der Waals surface area contributed by atoms with Crippen LogP contribution in [0.4, 0.5) is 0 Å². The number of aliphatic hydroxyl groups is 1. The van der Waals surface area contributed by atoms with Crippen LogP contribution >= 0.6 is 0 Å². The van der Waals surface area contributed by atoms with Gasteiger partial charge >= 0.3 is 5.97 Å². The van der Waals surface area contributed by atoms with E-state index < -0.39 is 6.10 Å². The van der Waals surface area contributed by atoms with Gasteiger partial charge in [-0.3, -0.25) is 4.79 Å². The van der Waals surface area contributed by atoms with Crippen LogP contribution in [0.2, 0.25) is 0 Å². The Bertz CT molecular complexity index is 180. The lowest BCUT2D eigenvalue weighted by molar-refractivity contribution is -0.162. The van der Waals surface area contributed by atoms with E-state index in [0.717, 1.165) is 0 Å². The van der Waals surface area contributed by atoms with Gasteiger partial charge in [0.15, 0.2) is 0 Å². The number of esters is 1. The molecule has 1 heterocycles. The van der Waals surface area contributed by atoms with Crippen molar-refractivity contribution in [1.82, 2.24) is 0 Å². The highest BCUT2D eigenvalue weighted by Gasteiger charge is 2.28. The molecule has 13 heavy (non-hydrogen) atoms. The standard InChI is InChI=1S/C9H16O4/c1-6(12-2)3-8-4-7(10)5-9(11)13-8/h6-8,10H,3-5H2,1-2H3/t6-,7?,8?/m1/s1. The number of hydrogen-bond acceptors (Lipinski definition) is 4. The molecule has 1 N–H and O–H groups in total. The van der Waals surface area contributed by atoms with Crippen LogP contribution in [-0.4, -0.2) is 36.5 Å². The zero-order valence-electron chi connectivity index (χ0n) is 8.03. The molecule has 4 heteroatoms. The van der Waals surface area contributed by atoms with Gasteiger partial charge in [0, 0.05) is 20.0 Å². The molecule has 0 aromatic rings. The molecule has 1 saturated heterocycles. The van der Waals surface area contributed by atoms with Gasteiger partial charge in [-0.25, -0.2) is 0 Å². The van der Waals surface area contributed by atoms with Crippen molar-refractivity contribution in [2.45, 2.75) is 44.5 Å². The largest absolute Gasteiger partial charge is 0.462 e. The number of methoxy groups -OCH3 is 1. The Hall–Kier alpha value is -0.610. The molecular weight excluding hydrogens is 172 g/mol. The molecule has 4 nitrogen and oxygen atoms in total. The average molecular weight is 188 g/mol. The number of rotatable bonds is 3. The summed E-state index contributed by atoms with van der Waals surface area (Å²) in [4.78, 5) is 10.9. The van der Waals surface area contributed by atoms with Gasteiger partial charge < -0.3 is 14.6 Å². The average Bonchev–Trinajstić information content (AvgIpc) is 2.02. The van der Waals surface area contributed by atoms with E-state index in [-0.39, 0.29) is 24.6 Å². The highest BCUT2D eigenvalue weighted by molar-refractivity contribution is 5.70. The minimum atomic E-state index is -0.546. The molecule has 0 aromatic carbocycles. The maximum absolute atomic E-state index is 10.9. The Balaban J connectivity index is 2.37. The first-order valence-electron chi connectivity index (χ1n) is 4.52. The fourth-order valence-corrected chi connectivity index (χ4v) is 1.47. The molecule has 1 aliphatic rings. The summed E-state index contributed by atoms with van der Waals surface area (Å²) in [6.45, 7) is 1.91. The van der Waals surface area contributed by atoms with Crippen LogP contribution in [0.15, 0.2) is 0 Å². The Morgan fingerprint density at radius 3 is 3.00 bits per heavy atom. The summed E-state index contributed by atoms with van der Waals surface area (Å²) >= 11 is 0. The fourth-order valence-electron chi connectivity index (χ4n) is 1.47. The van der Waals surface area contributed by atoms with E-state index in [2.05, 4.69) is 0 Å². The van der Waals surface area contributed by atoms with Gasteiger partial charge in [-0.1, -0.05) is 0 Å². The molecule has 3 atom stereocenters. The van der Waals surface area contributed by atoms with Gasteiger partial charge in [0.1, 0.15) is 6.10 Å². The van der Waals surface area contributed by atoms with E-state index in [1.54, 1.807) is 7.11 Å². The molecule has 1 aliphatic heterocycles. The number of carbonyl (C=O) groups is 1. The number of aliphatic hydroxyl groups excluding tert-OH is 1. The lowest BCUT2D eigenvalue weighted by atomic mass is 10.0. The summed E-state index contributed by atoms with van der Waals surface area (Å²) in [6, 6.07) is 0. The van der Waals surface area contributed by atoms with Crippen molar-refractivity contribution in [3.8, 4) is 0 Å². The molecule has 0 bridgehead atoms. The fraction of sp³-hybridized carbons (Fsp3) is 0.889. The quantitative estimate of drug-likeness (QED) is 0.654. The lowest BCUT2D eigenvalue weighted by Gasteiger charge is -2.27. The van der Waals surface area contributed by atoms with E-state index >= 15 is 0 Å². The van der Waals surface area contributed by atoms with Gasteiger partial charge in [-0.05, 0) is 6.92 Å². The van der Waals surface area contributed by atoms with Crippen LogP contribution < -0.4 is 0 Å². The third-order valence-electron chi connectivity index (χ3n) is 2.23. The second-order valence-corrected chi connectivity index (χ2v) is 3.49. The Morgan fingerprint density at radius 1 is 1.77 bits per heavy atom. The first-order valence-corrected chi connectivity index (χ1v) is 4.52. The van der Waals surface area contributed by atoms with Crippen LogP contribution in [0.1, 0.15) is 26.2 Å². The van der Waals surface area contributed by atoms with Crippen molar-refractivity contribution in [3.63, 3.8) is 0 Å². The van der Waals surface area contributed by atoms with Crippen molar-refractivity contribution in [2.24, 2.45) is 0 Å². The molecular formula is C9H16O4. The summed E-state index contributed by atoms with van der Waals surface area (Å²) in [7, 11) is 1.62. The molecule has 0 aromatic heterocycles. The van der Waals surface area contributed by atoms with Crippen molar-refractivity contribution < 1.29 is 19.4 Å². The molecule has 1 rings (SSSR count). The summed E-state index contributed by atoms with van der Waals surface area (Å²) in [5.74, 6) is -0.313. The number of cyclic esters (lactones) is 1. The molecule has 76 valence electrons. The molecule has 0 aliphatic carbocycles. The predicted molar refractivity (Wildman–Crippen MR) is 46.2 cm³/mol. The van der Waals surface area contributed by atoms with Crippen LogP contribution in [0.3, 0.4) is 0 Å². The van der Waals surface area contributed by atoms with Gasteiger partial charge in [-0.15, -0.1) is 0 Å². The van der Waals surface area contributed by atoms with E-state index in [0.29, 0.717) is 12.8 Å². The first-order chi connectivity index (χ1) is 6.11. The van der Waals surface area contributed by atoms with Crippen LogP contribution in [0.25, 0.3) is 0 Å². The van der Waals surface area contributed by atoms with E-state index in [9.17, 15) is 9.90 Å². The smallest absolute Gasteiger partial charge is 0.308 e. The Kier molecular flexibility index (Phi) is 3.69. The highest BCUT2D eigenvalue weighted by Crippen LogP contribution is 2.19. The Morgan fingerprint density at radius 2 is 2.46 bits per heavy atom. The first kappa shape index (κ1) is 10.5. The van der Waals surface area contributed by atoms with Gasteiger partial charge in [0.2, 0.25) is 0 Å². The summed E-state index contributed by atoms with van der Waals surface area (Å²) in [5, 5.41) is 9.29. The van der Waals surface area contributed by atoms with Crippen molar-refractivity contribution in [2.75, 3.05) is 7.11 Å². The topological polar surface area (TPSA) is 55.8 Å². The molecule has 0 radical (unpaired) electrons. The molecule has 0 spiro atoms. The van der Waals surface area contributed by atoms with E-state index in [1.165, 1.54) is 0 Å². The van der Waals surface area contributed by atoms with Gasteiger partial charge in [0.05, 0.1) is 18.6 Å². The summed E-state index contributed by atoms with van der Waals surface area (Å²) in [5.41, 5.74) is 0. The Labute approximate surface area is 77.8 Å². The van der Waals surface area contributed by atoms with Crippen molar-refractivity contribution >= 4 is 5.97 Å². The molecule has 0 saturated carbocycles. The normalized spacial score (nSPS) is 31.2. The van der Waals surface area contributed by atoms with E-state index in [4.69, 9.17) is 9.47 Å². The van der Waals surface area contributed by atoms with Gasteiger partial charge in [-0.2, -0.15) is 0 Å². The molecule has 2 unspecified atom stereocenters. The second kappa shape index (κ2) is 4.58. The monoisotopic (exact) mass is 188 g/mol. The summed E-state index contributed by atoms with van der Waals surface area (Å²) < 4.78 is 10.1. The number of carbonyl (C=O) groups excluding carboxylic acids is 1. The van der Waals surface area contributed by atoms with Crippen molar-refractivity contribution in [3.05, 3.63) is 0 Å². The number of hydrogen-bond donors (Lipinski definition) is 1. The minimum absolute atomic E-state index is 0.0584. The van der Waals surface area contributed by atoms with Crippen LogP contribution in [0.5, 0.6) is 0 Å². The minimum Gasteiger partial charge on any atom is -0.462 e. The number of ether oxygens (including phenoxy) is 2. The maximum atomic E-state index is 10.9.